The first kappa shape index (κ1) is 24.6. The molecule has 5 nitrogen and oxygen atoms in total. The first-order valence-corrected chi connectivity index (χ1v) is 11.5. The fourth-order valence-electron chi connectivity index (χ4n) is 3.77. The molecule has 2 heterocycles. The van der Waals surface area contributed by atoms with Crippen LogP contribution in [0, 0.1) is 0 Å². The monoisotopic (exact) mass is 513 g/mol. The molecule has 0 bridgehead atoms. The number of pyridine rings is 1. The molecular formula is C23H17F6N3O2S. The van der Waals surface area contributed by atoms with E-state index >= 15 is 0 Å². The Morgan fingerprint density at radius 3 is 2.29 bits per heavy atom. The summed E-state index contributed by atoms with van der Waals surface area (Å²) in [4.78, 5) is 4.87. The van der Waals surface area contributed by atoms with E-state index < -0.39 is 39.2 Å². The van der Waals surface area contributed by atoms with Gasteiger partial charge in [-0.05, 0) is 42.0 Å². The molecule has 0 unspecified atom stereocenters. The van der Waals surface area contributed by atoms with Gasteiger partial charge in [0.15, 0.2) is 0 Å². The number of halogens is 6. The predicted octanol–water partition coefficient (Wildman–Crippen LogP) is 5.95. The molecule has 12 heteroatoms. The average molecular weight is 513 g/mol. The highest BCUT2D eigenvalue weighted by molar-refractivity contribution is 7.90. The fourth-order valence-corrected chi connectivity index (χ4v) is 5.12. The van der Waals surface area contributed by atoms with Gasteiger partial charge in [-0.15, -0.1) is 0 Å². The number of alkyl halides is 6. The van der Waals surface area contributed by atoms with Crippen LogP contribution in [0.15, 0.2) is 78.1 Å². The number of para-hydroxylation sites is 1. The lowest BCUT2D eigenvalue weighted by Crippen LogP contribution is -2.22. The van der Waals surface area contributed by atoms with E-state index in [1.165, 1.54) is 37.8 Å². The van der Waals surface area contributed by atoms with Crippen molar-refractivity contribution < 1.29 is 34.8 Å². The van der Waals surface area contributed by atoms with E-state index in [9.17, 15) is 34.8 Å². The molecular weight excluding hydrogens is 496 g/mol. The Morgan fingerprint density at radius 1 is 0.943 bits per heavy atom. The van der Waals surface area contributed by atoms with Gasteiger partial charge in [-0.3, -0.25) is 4.98 Å². The largest absolute Gasteiger partial charge is 0.418 e. The van der Waals surface area contributed by atoms with E-state index in [2.05, 4.69) is 4.98 Å². The number of nitrogens with zero attached hydrogens (tertiary/aromatic N) is 3. The first-order valence-electron chi connectivity index (χ1n) is 10.0. The predicted molar refractivity (Wildman–Crippen MR) is 117 cm³/mol. The molecule has 0 aliphatic rings. The summed E-state index contributed by atoms with van der Waals surface area (Å²) < 4.78 is 107. The maximum atomic E-state index is 13.6. The van der Waals surface area contributed by atoms with Crippen molar-refractivity contribution in [2.45, 2.75) is 23.8 Å². The van der Waals surface area contributed by atoms with E-state index in [4.69, 9.17) is 0 Å². The lowest BCUT2D eigenvalue weighted by atomic mass is 10.1. The third kappa shape index (κ3) is 4.70. The zero-order valence-electron chi connectivity index (χ0n) is 18.0. The van der Waals surface area contributed by atoms with Crippen molar-refractivity contribution in [1.82, 2.24) is 8.96 Å². The van der Waals surface area contributed by atoms with Crippen LogP contribution >= 0.6 is 0 Å². The van der Waals surface area contributed by atoms with Gasteiger partial charge in [0.05, 0.1) is 16.6 Å². The van der Waals surface area contributed by atoms with Crippen LogP contribution in [0.25, 0.3) is 10.9 Å². The van der Waals surface area contributed by atoms with Crippen molar-refractivity contribution in [1.29, 1.82) is 0 Å². The lowest BCUT2D eigenvalue weighted by molar-refractivity contribution is -0.142. The molecule has 0 saturated carbocycles. The Bertz CT molecular complexity index is 1480. The Morgan fingerprint density at radius 2 is 1.66 bits per heavy atom. The smallest absolute Gasteiger partial charge is 0.370 e. The van der Waals surface area contributed by atoms with E-state index in [1.807, 2.05) is 0 Å². The minimum atomic E-state index is -5.04. The summed E-state index contributed by atoms with van der Waals surface area (Å²) in [7, 11) is -2.78. The van der Waals surface area contributed by atoms with Crippen LogP contribution in [0.1, 0.15) is 16.7 Å². The van der Waals surface area contributed by atoms with Gasteiger partial charge in [0.2, 0.25) is 0 Å². The molecule has 0 saturated heterocycles. The third-order valence-corrected chi connectivity index (χ3v) is 7.06. The summed E-state index contributed by atoms with van der Waals surface area (Å²) in [6.07, 6.45) is -6.10. The van der Waals surface area contributed by atoms with Gasteiger partial charge in [-0.25, -0.2) is 12.4 Å². The SMILES string of the molecule is CN(Cc1cn(S(=O)(=O)c2cccnc2)c2ccccc12)c1ccc(C(F)(F)F)cc1C(F)(F)F. The molecule has 0 aliphatic heterocycles. The highest BCUT2D eigenvalue weighted by atomic mass is 32.2. The van der Waals surface area contributed by atoms with Crippen LogP contribution in [-0.4, -0.2) is 24.4 Å². The summed E-state index contributed by atoms with van der Waals surface area (Å²) >= 11 is 0. The van der Waals surface area contributed by atoms with E-state index in [1.54, 1.807) is 24.3 Å². The molecule has 0 atom stereocenters. The zero-order valence-corrected chi connectivity index (χ0v) is 18.8. The van der Waals surface area contributed by atoms with Crippen molar-refractivity contribution in [2.24, 2.45) is 0 Å². The van der Waals surface area contributed by atoms with Crippen LogP contribution in [-0.2, 0) is 28.9 Å². The van der Waals surface area contributed by atoms with Gasteiger partial charge in [0, 0.05) is 43.3 Å². The van der Waals surface area contributed by atoms with Crippen molar-refractivity contribution >= 4 is 26.6 Å². The average Bonchev–Trinajstić information content (AvgIpc) is 3.17. The number of anilines is 1. The number of benzene rings is 2. The van der Waals surface area contributed by atoms with Gasteiger partial charge in [-0.2, -0.15) is 26.3 Å². The maximum absolute atomic E-state index is 13.6. The molecule has 2 aromatic heterocycles. The number of hydrogen-bond acceptors (Lipinski definition) is 4. The van der Waals surface area contributed by atoms with Gasteiger partial charge in [-0.1, -0.05) is 18.2 Å². The molecule has 4 aromatic rings. The number of fused-ring (bicyclic) bond motifs is 1. The zero-order chi connectivity index (χ0) is 25.6. The van der Waals surface area contributed by atoms with Gasteiger partial charge < -0.3 is 4.90 Å². The summed E-state index contributed by atoms with van der Waals surface area (Å²) in [6, 6.07) is 10.7. The fraction of sp³-hybridized carbons (Fsp3) is 0.174. The number of aromatic nitrogens is 2. The summed E-state index contributed by atoms with van der Waals surface area (Å²) in [6.45, 7) is -0.204. The third-order valence-electron chi connectivity index (χ3n) is 5.40. The molecule has 0 radical (unpaired) electrons. The van der Waals surface area contributed by atoms with Crippen LogP contribution in [0.4, 0.5) is 32.0 Å². The molecule has 0 spiro atoms. The Balaban J connectivity index is 1.79. The normalized spacial score (nSPS) is 12.8. The second kappa shape index (κ2) is 8.59. The summed E-state index contributed by atoms with van der Waals surface area (Å²) in [5, 5.41) is 0.465. The molecule has 35 heavy (non-hydrogen) atoms. The maximum Gasteiger partial charge on any atom is 0.418 e. The van der Waals surface area contributed by atoms with Crippen LogP contribution in [0.5, 0.6) is 0 Å². The second-order valence-corrected chi connectivity index (χ2v) is 9.56. The molecule has 2 aromatic carbocycles. The minimum Gasteiger partial charge on any atom is -0.370 e. The topological polar surface area (TPSA) is 55.2 Å². The molecule has 184 valence electrons. The van der Waals surface area contributed by atoms with Gasteiger partial charge >= 0.3 is 12.4 Å². The highest BCUT2D eigenvalue weighted by Crippen LogP contribution is 2.41. The highest BCUT2D eigenvalue weighted by Gasteiger charge is 2.39. The lowest BCUT2D eigenvalue weighted by Gasteiger charge is -2.24. The van der Waals surface area contributed by atoms with Crippen molar-refractivity contribution in [3.63, 3.8) is 0 Å². The molecule has 4 rings (SSSR count). The van der Waals surface area contributed by atoms with Crippen molar-refractivity contribution in [3.8, 4) is 0 Å². The van der Waals surface area contributed by atoms with Crippen LogP contribution in [0.2, 0.25) is 0 Å². The van der Waals surface area contributed by atoms with Gasteiger partial charge in [0.1, 0.15) is 4.90 Å². The Kier molecular flexibility index (Phi) is 6.04. The van der Waals surface area contributed by atoms with E-state index in [-0.39, 0.29) is 17.5 Å². The molecule has 0 fully saturated rings. The summed E-state index contributed by atoms with van der Waals surface area (Å²) in [5.74, 6) is 0. The standard InChI is InChI=1S/C23H17F6N3O2S/c1-31(21-9-8-16(22(24,25)26)11-19(21)23(27,28)29)13-15-14-32(20-7-3-2-6-18(15)20)35(33,34)17-5-4-10-30-12-17/h2-12,14H,13H2,1H3. The van der Waals surface area contributed by atoms with Crippen molar-refractivity contribution in [2.75, 3.05) is 11.9 Å². The Labute approximate surface area is 196 Å². The van der Waals surface area contributed by atoms with Gasteiger partial charge in [0.25, 0.3) is 10.0 Å². The Hall–Kier alpha value is -3.54. The second-order valence-electron chi connectivity index (χ2n) is 7.74. The molecule has 0 amide bonds. The summed E-state index contributed by atoms with van der Waals surface area (Å²) in [5.41, 5.74) is -2.67. The van der Waals surface area contributed by atoms with E-state index in [0.717, 1.165) is 14.9 Å². The number of hydrogen-bond donors (Lipinski definition) is 0. The minimum absolute atomic E-state index is 0.0714. The van der Waals surface area contributed by atoms with Crippen LogP contribution < -0.4 is 4.90 Å². The quantitative estimate of drug-likeness (QED) is 0.310. The molecule has 0 aliphatic carbocycles. The first-order chi connectivity index (χ1) is 16.3. The number of rotatable bonds is 5. The van der Waals surface area contributed by atoms with E-state index in [0.29, 0.717) is 22.5 Å². The molecule has 0 N–H and O–H groups in total. The van der Waals surface area contributed by atoms with Crippen molar-refractivity contribution in [3.05, 3.63) is 89.9 Å². The van der Waals surface area contributed by atoms with Crippen LogP contribution in [0.3, 0.4) is 0 Å².